The monoisotopic (exact) mass is 327 g/mol. The zero-order valence-corrected chi connectivity index (χ0v) is 12.2. The van der Waals surface area contributed by atoms with E-state index in [1.807, 2.05) is 19.1 Å². The van der Waals surface area contributed by atoms with E-state index < -0.39 is 5.38 Å². The van der Waals surface area contributed by atoms with Crippen molar-refractivity contribution in [1.82, 2.24) is 4.98 Å². The number of hydrogen-bond donors (Lipinski definition) is 0. The lowest BCUT2D eigenvalue weighted by atomic mass is 10.0. The molecule has 2 rings (SSSR count). The molecule has 18 heavy (non-hydrogen) atoms. The molecule has 0 aliphatic rings. The van der Waals surface area contributed by atoms with Crippen molar-refractivity contribution in [2.75, 3.05) is 0 Å². The molecule has 0 aliphatic heterocycles. The predicted octanol–water partition coefficient (Wildman–Crippen LogP) is 4.81. The van der Waals surface area contributed by atoms with Crippen molar-refractivity contribution in [3.05, 3.63) is 63.6 Å². The summed E-state index contributed by atoms with van der Waals surface area (Å²) in [7, 11) is 0. The van der Waals surface area contributed by atoms with Gasteiger partial charge in [-0.1, -0.05) is 28.1 Å². The Kier molecular flexibility index (Phi) is 4.36. The zero-order valence-electron chi connectivity index (χ0n) is 9.83. The Morgan fingerprint density at radius 1 is 1.39 bits per heavy atom. The Labute approximate surface area is 119 Å². The van der Waals surface area contributed by atoms with Gasteiger partial charge in [0.15, 0.2) is 0 Å². The van der Waals surface area contributed by atoms with E-state index in [4.69, 9.17) is 11.6 Å². The minimum absolute atomic E-state index is 0.294. The first-order valence-corrected chi connectivity index (χ1v) is 6.80. The lowest BCUT2D eigenvalue weighted by Gasteiger charge is -2.12. The Balaban J connectivity index is 2.22. The van der Waals surface area contributed by atoms with Gasteiger partial charge in [-0.05, 0) is 30.7 Å². The molecule has 1 aromatic carbocycles. The second-order valence-corrected chi connectivity index (χ2v) is 5.55. The average Bonchev–Trinajstić information content (AvgIpc) is 2.32. The van der Waals surface area contributed by atoms with E-state index in [0.717, 1.165) is 11.3 Å². The van der Waals surface area contributed by atoms with Gasteiger partial charge in [-0.3, -0.25) is 4.98 Å². The maximum atomic E-state index is 13.8. The quantitative estimate of drug-likeness (QED) is 0.737. The van der Waals surface area contributed by atoms with Crippen molar-refractivity contribution in [1.29, 1.82) is 0 Å². The van der Waals surface area contributed by atoms with Crippen LogP contribution in [0.2, 0.25) is 0 Å². The van der Waals surface area contributed by atoms with Gasteiger partial charge < -0.3 is 0 Å². The molecule has 0 aliphatic carbocycles. The SMILES string of the molecule is Cc1cccnc1CC(Cl)c1ccc(Br)cc1F. The van der Waals surface area contributed by atoms with E-state index in [1.54, 1.807) is 18.3 Å². The van der Waals surface area contributed by atoms with Crippen LogP contribution in [-0.4, -0.2) is 4.98 Å². The summed E-state index contributed by atoms with van der Waals surface area (Å²) in [4.78, 5) is 4.27. The third-order valence-corrected chi connectivity index (χ3v) is 3.67. The predicted molar refractivity (Wildman–Crippen MR) is 75.4 cm³/mol. The maximum Gasteiger partial charge on any atom is 0.129 e. The van der Waals surface area contributed by atoms with Gasteiger partial charge in [0, 0.05) is 28.3 Å². The van der Waals surface area contributed by atoms with Crippen LogP contribution in [0.25, 0.3) is 0 Å². The van der Waals surface area contributed by atoms with Crippen LogP contribution in [0.4, 0.5) is 4.39 Å². The highest BCUT2D eigenvalue weighted by Crippen LogP contribution is 2.29. The third kappa shape index (κ3) is 3.09. The lowest BCUT2D eigenvalue weighted by molar-refractivity contribution is 0.604. The van der Waals surface area contributed by atoms with Crippen LogP contribution in [0.15, 0.2) is 41.0 Å². The molecule has 1 unspecified atom stereocenters. The topological polar surface area (TPSA) is 12.9 Å². The van der Waals surface area contributed by atoms with Gasteiger partial charge in [0.05, 0.1) is 5.38 Å². The largest absolute Gasteiger partial charge is 0.261 e. The van der Waals surface area contributed by atoms with Gasteiger partial charge in [0.25, 0.3) is 0 Å². The van der Waals surface area contributed by atoms with Crippen LogP contribution in [0.1, 0.15) is 22.2 Å². The molecule has 0 amide bonds. The Bertz CT molecular complexity index is 559. The van der Waals surface area contributed by atoms with E-state index in [-0.39, 0.29) is 5.82 Å². The molecule has 0 radical (unpaired) electrons. The molecular weight excluding hydrogens is 317 g/mol. The summed E-state index contributed by atoms with van der Waals surface area (Å²) in [6.07, 6.45) is 2.25. The summed E-state index contributed by atoms with van der Waals surface area (Å²) in [6, 6.07) is 8.77. The van der Waals surface area contributed by atoms with E-state index in [9.17, 15) is 4.39 Å². The highest BCUT2D eigenvalue weighted by molar-refractivity contribution is 9.10. The minimum atomic E-state index is -0.410. The van der Waals surface area contributed by atoms with Gasteiger partial charge in [-0.25, -0.2) is 4.39 Å². The van der Waals surface area contributed by atoms with Crippen molar-refractivity contribution < 1.29 is 4.39 Å². The highest BCUT2D eigenvalue weighted by Gasteiger charge is 2.15. The molecule has 4 heteroatoms. The number of benzene rings is 1. The Hall–Kier alpha value is -0.930. The third-order valence-electron chi connectivity index (χ3n) is 2.79. The number of pyridine rings is 1. The second kappa shape index (κ2) is 5.81. The smallest absolute Gasteiger partial charge is 0.129 e. The van der Waals surface area contributed by atoms with Gasteiger partial charge in [-0.2, -0.15) is 0 Å². The molecule has 0 bridgehead atoms. The van der Waals surface area contributed by atoms with Crippen molar-refractivity contribution in [3.8, 4) is 0 Å². The lowest BCUT2D eigenvalue weighted by Crippen LogP contribution is -2.02. The second-order valence-electron chi connectivity index (χ2n) is 4.10. The fourth-order valence-corrected chi connectivity index (χ4v) is 2.42. The van der Waals surface area contributed by atoms with Crippen LogP contribution in [0, 0.1) is 12.7 Å². The number of aromatic nitrogens is 1. The van der Waals surface area contributed by atoms with Crippen molar-refractivity contribution in [3.63, 3.8) is 0 Å². The number of alkyl halides is 1. The molecule has 2 aromatic rings. The van der Waals surface area contributed by atoms with Gasteiger partial charge in [0.1, 0.15) is 5.82 Å². The number of halogens is 3. The zero-order chi connectivity index (χ0) is 13.1. The van der Waals surface area contributed by atoms with Gasteiger partial charge in [-0.15, -0.1) is 11.6 Å². The van der Waals surface area contributed by atoms with E-state index in [0.29, 0.717) is 16.5 Å². The van der Waals surface area contributed by atoms with Gasteiger partial charge in [0.2, 0.25) is 0 Å². The van der Waals surface area contributed by atoms with Crippen molar-refractivity contribution in [2.24, 2.45) is 0 Å². The number of aryl methyl sites for hydroxylation is 1. The summed E-state index contributed by atoms with van der Waals surface area (Å²) in [5, 5.41) is -0.410. The molecule has 1 atom stereocenters. The normalized spacial score (nSPS) is 12.4. The summed E-state index contributed by atoms with van der Waals surface area (Å²) >= 11 is 9.50. The molecule has 0 fully saturated rings. The summed E-state index contributed by atoms with van der Waals surface area (Å²) < 4.78 is 14.5. The highest BCUT2D eigenvalue weighted by atomic mass is 79.9. The van der Waals surface area contributed by atoms with Crippen LogP contribution in [-0.2, 0) is 6.42 Å². The van der Waals surface area contributed by atoms with E-state index >= 15 is 0 Å². The van der Waals surface area contributed by atoms with E-state index in [1.165, 1.54) is 6.07 Å². The average molecular weight is 329 g/mol. The summed E-state index contributed by atoms with van der Waals surface area (Å²) in [6.45, 7) is 1.98. The van der Waals surface area contributed by atoms with Crippen molar-refractivity contribution in [2.45, 2.75) is 18.7 Å². The molecule has 0 spiro atoms. The van der Waals surface area contributed by atoms with Crippen molar-refractivity contribution >= 4 is 27.5 Å². The van der Waals surface area contributed by atoms with E-state index in [2.05, 4.69) is 20.9 Å². The number of hydrogen-bond acceptors (Lipinski definition) is 1. The summed E-state index contributed by atoms with van der Waals surface area (Å²) in [5.74, 6) is -0.294. The number of rotatable bonds is 3. The minimum Gasteiger partial charge on any atom is -0.261 e. The van der Waals surface area contributed by atoms with Crippen LogP contribution < -0.4 is 0 Å². The Morgan fingerprint density at radius 2 is 2.17 bits per heavy atom. The first kappa shape index (κ1) is 13.5. The standard InChI is InChI=1S/C14H12BrClFN/c1-9-3-2-6-18-14(9)8-12(16)11-5-4-10(15)7-13(11)17/h2-7,12H,8H2,1H3. The molecule has 0 saturated carbocycles. The first-order valence-electron chi connectivity index (χ1n) is 5.57. The van der Waals surface area contributed by atoms with Crippen LogP contribution >= 0.6 is 27.5 Å². The summed E-state index contributed by atoms with van der Waals surface area (Å²) in [5.41, 5.74) is 2.48. The molecule has 1 heterocycles. The molecule has 94 valence electrons. The molecule has 0 saturated heterocycles. The first-order chi connectivity index (χ1) is 8.58. The molecule has 0 N–H and O–H groups in total. The van der Waals surface area contributed by atoms with Gasteiger partial charge >= 0.3 is 0 Å². The molecule has 1 nitrogen and oxygen atoms in total. The molecule has 1 aromatic heterocycles. The fraction of sp³-hybridized carbons (Fsp3) is 0.214. The van der Waals surface area contributed by atoms with Crippen LogP contribution in [0.5, 0.6) is 0 Å². The Morgan fingerprint density at radius 3 is 2.83 bits per heavy atom. The maximum absolute atomic E-state index is 13.8. The van der Waals surface area contributed by atoms with Crippen LogP contribution in [0.3, 0.4) is 0 Å². The fourth-order valence-electron chi connectivity index (χ4n) is 1.77. The molecular formula is C14H12BrClFN. The number of nitrogens with zero attached hydrogens (tertiary/aromatic N) is 1.